The van der Waals surface area contributed by atoms with Crippen molar-refractivity contribution in [2.24, 2.45) is 0 Å². The fourth-order valence-electron chi connectivity index (χ4n) is 2.95. The Labute approximate surface area is 126 Å². The van der Waals surface area contributed by atoms with Gasteiger partial charge in [-0.15, -0.1) is 0 Å². The Balaban J connectivity index is 1.79. The van der Waals surface area contributed by atoms with Crippen LogP contribution >= 0.6 is 0 Å². The normalized spacial score (nSPS) is 15.7. The molecule has 3 rings (SSSR count). The van der Waals surface area contributed by atoms with Gasteiger partial charge in [0.05, 0.1) is 29.6 Å². The number of nitrogens with zero attached hydrogens (tertiary/aromatic N) is 3. The van der Waals surface area contributed by atoms with E-state index >= 15 is 0 Å². The van der Waals surface area contributed by atoms with E-state index in [1.54, 1.807) is 0 Å². The van der Waals surface area contributed by atoms with Crippen LogP contribution in [-0.4, -0.2) is 21.1 Å². The molecule has 21 heavy (non-hydrogen) atoms. The Morgan fingerprint density at radius 3 is 2.86 bits per heavy atom. The monoisotopic (exact) mass is 284 g/mol. The second-order valence-corrected chi connectivity index (χ2v) is 5.83. The predicted molar refractivity (Wildman–Crippen MR) is 84.7 cm³/mol. The quantitative estimate of drug-likeness (QED) is 0.917. The highest BCUT2D eigenvalue weighted by atomic mass is 15.1. The van der Waals surface area contributed by atoms with Crippen molar-refractivity contribution < 1.29 is 0 Å². The van der Waals surface area contributed by atoms with Gasteiger partial charge in [0.2, 0.25) is 0 Å². The molecule has 0 amide bonds. The van der Waals surface area contributed by atoms with Crippen LogP contribution in [0.25, 0.3) is 5.69 Å². The number of hydrogen-bond donors (Lipinski definition) is 1. The minimum Gasteiger partial charge on any atom is -0.309 e. The van der Waals surface area contributed by atoms with Gasteiger partial charge in [-0.05, 0) is 57.7 Å². The molecule has 1 N–H and O–H groups in total. The first-order valence-electron chi connectivity index (χ1n) is 8.04. The standard InChI is InChI=1S/C17H24N4/c1-3-10-18-13(2)15-9-8-14(11-19-15)21-12-20-16-6-4-5-7-17(16)21/h8-9,11-13,18H,3-7,10H2,1-2H3. The van der Waals surface area contributed by atoms with E-state index in [9.17, 15) is 0 Å². The molecule has 1 atom stereocenters. The highest BCUT2D eigenvalue weighted by molar-refractivity contribution is 5.35. The van der Waals surface area contributed by atoms with Crippen LogP contribution in [0.15, 0.2) is 24.7 Å². The molecule has 4 nitrogen and oxygen atoms in total. The van der Waals surface area contributed by atoms with Crippen molar-refractivity contribution in [1.82, 2.24) is 19.9 Å². The van der Waals surface area contributed by atoms with E-state index in [4.69, 9.17) is 0 Å². The number of imidazole rings is 1. The van der Waals surface area contributed by atoms with Crippen molar-refractivity contribution >= 4 is 0 Å². The van der Waals surface area contributed by atoms with Crippen molar-refractivity contribution in [2.75, 3.05) is 6.54 Å². The number of nitrogens with one attached hydrogen (secondary N) is 1. The fourth-order valence-corrected chi connectivity index (χ4v) is 2.95. The Hall–Kier alpha value is -1.68. The lowest BCUT2D eigenvalue weighted by Crippen LogP contribution is -2.20. The average Bonchev–Trinajstić information content (AvgIpc) is 2.97. The van der Waals surface area contributed by atoms with Gasteiger partial charge in [0.15, 0.2) is 0 Å². The van der Waals surface area contributed by atoms with E-state index in [2.05, 4.69) is 45.8 Å². The van der Waals surface area contributed by atoms with Crippen LogP contribution in [0.1, 0.15) is 56.2 Å². The molecular formula is C17H24N4. The minimum atomic E-state index is 0.302. The van der Waals surface area contributed by atoms with Crippen LogP contribution in [0.2, 0.25) is 0 Å². The maximum atomic E-state index is 4.63. The van der Waals surface area contributed by atoms with Crippen LogP contribution < -0.4 is 5.32 Å². The summed E-state index contributed by atoms with van der Waals surface area (Å²) in [5, 5.41) is 3.47. The summed E-state index contributed by atoms with van der Waals surface area (Å²) in [6.45, 7) is 5.37. The minimum absolute atomic E-state index is 0.302. The summed E-state index contributed by atoms with van der Waals surface area (Å²) in [4.78, 5) is 9.18. The van der Waals surface area contributed by atoms with Gasteiger partial charge in [0.1, 0.15) is 0 Å². The Kier molecular flexibility index (Phi) is 4.34. The maximum Gasteiger partial charge on any atom is 0.0998 e. The first kappa shape index (κ1) is 14.3. The number of fused-ring (bicyclic) bond motifs is 1. The third-order valence-electron chi connectivity index (χ3n) is 4.22. The van der Waals surface area contributed by atoms with E-state index in [1.807, 2.05) is 12.5 Å². The Morgan fingerprint density at radius 1 is 1.24 bits per heavy atom. The Bertz CT molecular complexity index is 585. The zero-order chi connectivity index (χ0) is 14.7. The molecule has 0 fully saturated rings. The molecule has 0 aliphatic heterocycles. The first-order valence-corrected chi connectivity index (χ1v) is 8.04. The van der Waals surface area contributed by atoms with E-state index in [0.29, 0.717) is 6.04 Å². The van der Waals surface area contributed by atoms with Gasteiger partial charge in [-0.1, -0.05) is 6.92 Å². The molecule has 2 heterocycles. The van der Waals surface area contributed by atoms with Crippen molar-refractivity contribution in [1.29, 1.82) is 0 Å². The van der Waals surface area contributed by atoms with E-state index in [0.717, 1.165) is 37.2 Å². The molecule has 2 aromatic heterocycles. The zero-order valence-electron chi connectivity index (χ0n) is 13.0. The number of aryl methyl sites for hydroxylation is 1. The topological polar surface area (TPSA) is 42.7 Å². The predicted octanol–water partition coefficient (Wildman–Crippen LogP) is 3.21. The van der Waals surface area contributed by atoms with Gasteiger partial charge in [0, 0.05) is 11.7 Å². The van der Waals surface area contributed by atoms with Crippen LogP contribution in [0, 0.1) is 0 Å². The summed E-state index contributed by atoms with van der Waals surface area (Å²) in [6, 6.07) is 4.58. The highest BCUT2D eigenvalue weighted by Crippen LogP contribution is 2.23. The van der Waals surface area contributed by atoms with Gasteiger partial charge in [-0.2, -0.15) is 0 Å². The van der Waals surface area contributed by atoms with Gasteiger partial charge < -0.3 is 9.88 Å². The van der Waals surface area contributed by atoms with Crippen molar-refractivity contribution in [3.63, 3.8) is 0 Å². The molecule has 0 saturated carbocycles. The van der Waals surface area contributed by atoms with E-state index < -0.39 is 0 Å². The summed E-state index contributed by atoms with van der Waals surface area (Å²) in [5.74, 6) is 0. The number of aromatic nitrogens is 3. The largest absolute Gasteiger partial charge is 0.309 e. The van der Waals surface area contributed by atoms with Crippen LogP contribution in [-0.2, 0) is 12.8 Å². The smallest absolute Gasteiger partial charge is 0.0998 e. The Morgan fingerprint density at radius 2 is 2.10 bits per heavy atom. The highest BCUT2D eigenvalue weighted by Gasteiger charge is 2.16. The zero-order valence-corrected chi connectivity index (χ0v) is 13.0. The average molecular weight is 284 g/mol. The first-order chi connectivity index (χ1) is 10.3. The summed E-state index contributed by atoms with van der Waals surface area (Å²) < 4.78 is 2.20. The molecule has 0 saturated heterocycles. The van der Waals surface area contributed by atoms with Gasteiger partial charge in [-0.3, -0.25) is 4.98 Å². The van der Waals surface area contributed by atoms with Crippen molar-refractivity contribution in [3.8, 4) is 5.69 Å². The molecule has 0 aromatic carbocycles. The second-order valence-electron chi connectivity index (χ2n) is 5.83. The lowest BCUT2D eigenvalue weighted by atomic mass is 10.0. The molecular weight excluding hydrogens is 260 g/mol. The van der Waals surface area contributed by atoms with Gasteiger partial charge in [0.25, 0.3) is 0 Å². The van der Waals surface area contributed by atoms with Crippen molar-refractivity contribution in [2.45, 2.75) is 52.0 Å². The number of hydrogen-bond acceptors (Lipinski definition) is 3. The molecule has 0 spiro atoms. The van der Waals surface area contributed by atoms with Gasteiger partial charge in [-0.25, -0.2) is 4.98 Å². The van der Waals surface area contributed by atoms with E-state index in [-0.39, 0.29) is 0 Å². The van der Waals surface area contributed by atoms with Crippen LogP contribution in [0.5, 0.6) is 0 Å². The number of rotatable bonds is 5. The molecule has 1 aliphatic rings. The lowest BCUT2D eigenvalue weighted by Gasteiger charge is -2.15. The molecule has 2 aromatic rings. The van der Waals surface area contributed by atoms with Gasteiger partial charge >= 0.3 is 0 Å². The molecule has 1 aliphatic carbocycles. The second kappa shape index (κ2) is 6.39. The summed E-state index contributed by atoms with van der Waals surface area (Å²) in [6.07, 6.45) is 9.84. The van der Waals surface area contributed by atoms with Crippen LogP contribution in [0.3, 0.4) is 0 Å². The molecule has 4 heteroatoms. The summed E-state index contributed by atoms with van der Waals surface area (Å²) >= 11 is 0. The molecule has 0 bridgehead atoms. The molecule has 0 radical (unpaired) electrons. The third-order valence-corrected chi connectivity index (χ3v) is 4.22. The maximum absolute atomic E-state index is 4.63. The fraction of sp³-hybridized carbons (Fsp3) is 0.529. The molecule has 112 valence electrons. The summed E-state index contributed by atoms with van der Waals surface area (Å²) in [7, 11) is 0. The number of pyridine rings is 1. The van der Waals surface area contributed by atoms with Crippen molar-refractivity contribution in [3.05, 3.63) is 41.7 Å². The summed E-state index contributed by atoms with van der Waals surface area (Å²) in [5.41, 5.74) is 4.86. The lowest BCUT2D eigenvalue weighted by molar-refractivity contribution is 0.558. The van der Waals surface area contributed by atoms with Crippen LogP contribution in [0.4, 0.5) is 0 Å². The third kappa shape index (κ3) is 3.00. The molecule has 1 unspecified atom stereocenters. The van der Waals surface area contributed by atoms with E-state index in [1.165, 1.54) is 24.2 Å². The SMILES string of the molecule is CCCNC(C)c1ccc(-n2cnc3c2CCCC3)cn1.